The van der Waals surface area contributed by atoms with Crippen molar-refractivity contribution in [3.05, 3.63) is 29.8 Å². The van der Waals surface area contributed by atoms with Crippen LogP contribution in [0.15, 0.2) is 29.3 Å². The first-order valence-electron chi connectivity index (χ1n) is 21.5. The number of thiocarbonyl (C=S) groups is 1. The Hall–Kier alpha value is -1.94. The van der Waals surface area contributed by atoms with Crippen molar-refractivity contribution in [1.29, 1.82) is 0 Å². The number of aryl methyl sites for hydroxylation is 1. The molecule has 5 heterocycles. The Bertz CT molecular complexity index is 1670. The quantitative estimate of drug-likeness (QED) is 0.0309. The number of aliphatic imine (C=N–C) groups is 1. The molecule has 0 aromatic heterocycles. The van der Waals surface area contributed by atoms with Gasteiger partial charge in [0.1, 0.15) is 110 Å². The number of hydrogen-bond acceptors (Lipinski definition) is 26. The third-order valence-electron chi connectivity index (χ3n) is 12.0. The second kappa shape index (κ2) is 24.8. The third kappa shape index (κ3) is 12.7. The van der Waals surface area contributed by atoms with Gasteiger partial charge < -0.3 is 119 Å². The number of rotatable bonds is 21. The topological polar surface area (TPSA) is 388 Å². The molecule has 5 aliphatic rings. The fourth-order valence-electron chi connectivity index (χ4n) is 8.02. The minimum absolute atomic E-state index is 0.109. The van der Waals surface area contributed by atoms with Crippen LogP contribution in [0.5, 0.6) is 0 Å². The van der Waals surface area contributed by atoms with Gasteiger partial charge in [-0.25, -0.2) is 0 Å². The average molecular weight is 972 g/mol. The Morgan fingerprint density at radius 1 is 0.455 bits per heavy atom. The summed E-state index contributed by atoms with van der Waals surface area (Å²) in [6, 6.07) is 7.53. The van der Waals surface area contributed by atoms with Crippen molar-refractivity contribution in [3.63, 3.8) is 0 Å². The maximum Gasteiger partial charge on any atom is 0.187 e. The molecule has 0 radical (unpaired) electrons. The molecule has 13 unspecified atom stereocenters. The molecule has 66 heavy (non-hydrogen) atoms. The van der Waals surface area contributed by atoms with E-state index in [0.717, 1.165) is 24.8 Å². The SMILES string of the molecule is OCC1O[C@@H](OCC2O[C@@H](OCC3O[C@@H](OCCCCCc4ccc(N=C=S)cc4)C(O)C(O)[C@H]3O)C(O)C(O[C@H]3O[C@@H](CO[C@@H]4O[C@@H](CO)C(O)C4O)C(O)C3O)[C@H]2O)C(O)C(O)[C@H]1O. The molecule has 0 saturated carbocycles. The first-order chi connectivity index (χ1) is 31.6. The smallest absolute Gasteiger partial charge is 0.187 e. The van der Waals surface area contributed by atoms with Gasteiger partial charge in [-0.15, -0.1) is 0 Å². The fourth-order valence-corrected chi connectivity index (χ4v) is 8.13. The van der Waals surface area contributed by atoms with Crippen molar-refractivity contribution in [2.75, 3.05) is 39.6 Å². The van der Waals surface area contributed by atoms with Crippen LogP contribution < -0.4 is 0 Å². The lowest BCUT2D eigenvalue weighted by molar-refractivity contribution is -0.355. The summed E-state index contributed by atoms with van der Waals surface area (Å²) in [5.74, 6) is 0. The monoisotopic (exact) mass is 971 g/mol. The summed E-state index contributed by atoms with van der Waals surface area (Å²) in [5, 5.41) is 149. The van der Waals surface area contributed by atoms with E-state index >= 15 is 0 Å². The molecule has 376 valence electrons. The highest BCUT2D eigenvalue weighted by atomic mass is 32.1. The van der Waals surface area contributed by atoms with Gasteiger partial charge in [0.2, 0.25) is 0 Å². The molecule has 6 rings (SSSR count). The number of ether oxygens (including phenoxy) is 10. The minimum Gasteiger partial charge on any atom is -0.394 e. The van der Waals surface area contributed by atoms with E-state index in [1.807, 2.05) is 24.3 Å². The number of benzene rings is 1. The van der Waals surface area contributed by atoms with Crippen molar-refractivity contribution in [1.82, 2.24) is 0 Å². The highest BCUT2D eigenvalue weighted by molar-refractivity contribution is 7.78. The molecule has 25 nitrogen and oxygen atoms in total. The first-order valence-corrected chi connectivity index (χ1v) is 21.9. The van der Waals surface area contributed by atoms with Gasteiger partial charge in [-0.1, -0.05) is 18.6 Å². The molecule has 5 saturated heterocycles. The van der Waals surface area contributed by atoms with Gasteiger partial charge in [0.15, 0.2) is 31.5 Å². The van der Waals surface area contributed by atoms with E-state index in [1.165, 1.54) is 0 Å². The van der Waals surface area contributed by atoms with E-state index in [-0.39, 0.29) is 6.61 Å². The molecule has 26 heteroatoms. The number of aliphatic hydroxyl groups is 14. The second-order valence-electron chi connectivity index (χ2n) is 16.6. The van der Waals surface area contributed by atoms with Crippen LogP contribution in [0, 0.1) is 0 Å². The lowest BCUT2D eigenvalue weighted by Gasteiger charge is -2.45. The zero-order chi connectivity index (χ0) is 47.8. The summed E-state index contributed by atoms with van der Waals surface area (Å²) < 4.78 is 56.2. The predicted molar refractivity (Wildman–Crippen MR) is 217 cm³/mol. The van der Waals surface area contributed by atoms with E-state index in [2.05, 4.69) is 22.4 Å². The molecule has 1 aromatic carbocycles. The van der Waals surface area contributed by atoms with E-state index in [9.17, 15) is 71.5 Å². The molecule has 1 aromatic rings. The van der Waals surface area contributed by atoms with Crippen LogP contribution in [-0.2, 0) is 53.8 Å². The molecular weight excluding hydrogens is 910 g/mol. The number of hydrogen-bond donors (Lipinski definition) is 14. The van der Waals surface area contributed by atoms with Gasteiger partial charge in [-0.2, -0.15) is 4.99 Å². The van der Waals surface area contributed by atoms with Crippen molar-refractivity contribution in [2.24, 2.45) is 4.99 Å². The Morgan fingerprint density at radius 3 is 1.39 bits per heavy atom. The molecule has 0 spiro atoms. The van der Waals surface area contributed by atoms with E-state index in [1.54, 1.807) is 0 Å². The van der Waals surface area contributed by atoms with E-state index in [0.29, 0.717) is 12.1 Å². The standard InChI is InChI=1S/C40H61NO24S/c42-10-18-23(44)28(49)33(54)38(60-18)58-14-22-27(48)35(65-40-31(52)26(47)21(64-40)13-57-37-30(51)24(45)19(11-43)61-37)34(55)39(63-22)59-12-20-25(46)29(50)32(53)36(62-20)56-9-3-1-2-4-16-5-7-17(8-6-16)41-15-66/h5-8,18-40,42-55H,1-4,9-14H2/t18?,19-,20?,21-,22?,23-,24?,25-,26?,27-,28?,29?,30?,31?,32?,33?,34?,35?,36+,37+,38+,39+,40+/m0/s1. The van der Waals surface area contributed by atoms with Gasteiger partial charge in [-0.05, 0) is 49.2 Å². The van der Waals surface area contributed by atoms with Gasteiger partial charge in [0, 0.05) is 6.61 Å². The van der Waals surface area contributed by atoms with Crippen molar-refractivity contribution >= 4 is 23.1 Å². The summed E-state index contributed by atoms with van der Waals surface area (Å²) in [5.41, 5.74) is 1.79. The summed E-state index contributed by atoms with van der Waals surface area (Å²) in [4.78, 5) is 3.93. The number of aliphatic hydroxyl groups excluding tert-OH is 14. The van der Waals surface area contributed by atoms with Crippen LogP contribution in [0.3, 0.4) is 0 Å². The minimum atomic E-state index is -1.97. The van der Waals surface area contributed by atoms with Crippen LogP contribution in [0.1, 0.15) is 24.8 Å². The largest absolute Gasteiger partial charge is 0.394 e. The van der Waals surface area contributed by atoms with E-state index < -0.39 is 174 Å². The van der Waals surface area contributed by atoms with Crippen LogP contribution >= 0.6 is 12.2 Å². The van der Waals surface area contributed by atoms with Crippen molar-refractivity contribution in [3.8, 4) is 0 Å². The summed E-state index contributed by atoms with van der Waals surface area (Å²) in [6.45, 7) is -3.22. The molecule has 0 amide bonds. The zero-order valence-electron chi connectivity index (χ0n) is 35.4. The average Bonchev–Trinajstić information content (AvgIpc) is 3.75. The fraction of sp³-hybridized carbons (Fsp3) is 0.825. The number of unbranched alkanes of at least 4 members (excludes halogenated alkanes) is 2. The van der Waals surface area contributed by atoms with Crippen LogP contribution in [0.25, 0.3) is 0 Å². The van der Waals surface area contributed by atoms with Crippen LogP contribution in [-0.4, -0.2) is 258 Å². The lowest BCUT2D eigenvalue weighted by Crippen LogP contribution is -2.63. The van der Waals surface area contributed by atoms with Gasteiger partial charge in [0.05, 0.1) is 43.9 Å². The molecule has 14 N–H and O–H groups in total. The highest BCUT2D eigenvalue weighted by Gasteiger charge is 2.54. The van der Waals surface area contributed by atoms with Gasteiger partial charge in [-0.3, -0.25) is 0 Å². The molecule has 23 atom stereocenters. The molecular formula is C40H61NO24S. The van der Waals surface area contributed by atoms with Gasteiger partial charge >= 0.3 is 0 Å². The lowest BCUT2D eigenvalue weighted by atomic mass is 9.97. The Kier molecular flexibility index (Phi) is 20.0. The predicted octanol–water partition coefficient (Wildman–Crippen LogP) is -6.47. The van der Waals surface area contributed by atoms with Crippen LogP contribution in [0.4, 0.5) is 5.69 Å². The Morgan fingerprint density at radius 2 is 0.864 bits per heavy atom. The summed E-state index contributed by atoms with van der Waals surface area (Å²) >= 11 is 4.62. The Labute approximate surface area is 382 Å². The number of nitrogens with zero attached hydrogens (tertiary/aromatic N) is 1. The van der Waals surface area contributed by atoms with Gasteiger partial charge in [0.25, 0.3) is 0 Å². The van der Waals surface area contributed by atoms with Crippen molar-refractivity contribution < 1.29 is 119 Å². The number of isothiocyanates is 1. The Balaban J connectivity index is 1.07. The molecule has 5 aliphatic heterocycles. The molecule has 0 aliphatic carbocycles. The van der Waals surface area contributed by atoms with Crippen LogP contribution in [0.2, 0.25) is 0 Å². The summed E-state index contributed by atoms with van der Waals surface area (Å²) in [7, 11) is 0. The summed E-state index contributed by atoms with van der Waals surface area (Å²) in [6.07, 6.45) is -35.1. The van der Waals surface area contributed by atoms with Crippen molar-refractivity contribution in [2.45, 2.75) is 167 Å². The maximum absolute atomic E-state index is 11.5. The second-order valence-corrected chi connectivity index (χ2v) is 16.8. The molecule has 5 fully saturated rings. The normalized spacial score (nSPS) is 44.1. The molecule has 0 bridgehead atoms. The zero-order valence-corrected chi connectivity index (χ0v) is 36.2. The highest BCUT2D eigenvalue weighted by Crippen LogP contribution is 2.33. The maximum atomic E-state index is 11.5. The first kappa shape index (κ1) is 53.4. The van der Waals surface area contributed by atoms with E-state index in [4.69, 9.17) is 47.4 Å². The third-order valence-corrected chi connectivity index (χ3v) is 12.1.